The molecule has 2 rings (SSSR count). The molecule has 1 nitrogen and oxygen atoms in total. The zero-order valence-electron chi connectivity index (χ0n) is 11.8. The van der Waals surface area contributed by atoms with E-state index < -0.39 is 5.54 Å². The van der Waals surface area contributed by atoms with Crippen molar-refractivity contribution >= 4 is 11.6 Å². The topological polar surface area (TPSA) is 26.0 Å². The van der Waals surface area contributed by atoms with E-state index in [1.54, 1.807) is 18.2 Å². The first-order valence-corrected chi connectivity index (χ1v) is 7.13. The van der Waals surface area contributed by atoms with Gasteiger partial charge in [0.15, 0.2) is 0 Å². The van der Waals surface area contributed by atoms with Gasteiger partial charge < -0.3 is 5.73 Å². The van der Waals surface area contributed by atoms with Crippen LogP contribution in [0.15, 0.2) is 42.5 Å². The standard InChI is InChI=1S/C17H19ClFN/c1-3-12-7-9-14(10-8-12)17(2,20)11-13-5-4-6-15(18)16(13)19/h4-10H,3,11,20H2,1-2H3. The van der Waals surface area contributed by atoms with Crippen LogP contribution in [0, 0.1) is 5.82 Å². The maximum Gasteiger partial charge on any atom is 0.145 e. The molecule has 0 spiro atoms. The summed E-state index contributed by atoms with van der Waals surface area (Å²) in [6, 6.07) is 13.2. The van der Waals surface area contributed by atoms with Crippen molar-refractivity contribution in [2.45, 2.75) is 32.2 Å². The lowest BCUT2D eigenvalue weighted by atomic mass is 9.86. The van der Waals surface area contributed by atoms with Crippen LogP contribution in [0.1, 0.15) is 30.5 Å². The van der Waals surface area contributed by atoms with E-state index in [9.17, 15) is 4.39 Å². The Labute approximate surface area is 124 Å². The summed E-state index contributed by atoms with van der Waals surface area (Å²) in [6.07, 6.45) is 1.40. The predicted molar refractivity (Wildman–Crippen MR) is 82.5 cm³/mol. The van der Waals surface area contributed by atoms with E-state index in [4.69, 9.17) is 17.3 Å². The quantitative estimate of drug-likeness (QED) is 0.884. The number of halogens is 2. The second-order valence-corrected chi connectivity index (χ2v) is 5.76. The fourth-order valence-electron chi connectivity index (χ4n) is 2.30. The molecule has 0 radical (unpaired) electrons. The first-order valence-electron chi connectivity index (χ1n) is 6.75. The molecule has 0 amide bonds. The summed E-state index contributed by atoms with van der Waals surface area (Å²) in [5.41, 5.74) is 8.54. The molecule has 20 heavy (non-hydrogen) atoms. The highest BCUT2D eigenvalue weighted by Crippen LogP contribution is 2.27. The summed E-state index contributed by atoms with van der Waals surface area (Å²) in [5, 5.41) is 0.139. The molecule has 2 N–H and O–H groups in total. The number of rotatable bonds is 4. The van der Waals surface area contributed by atoms with E-state index in [1.807, 2.05) is 19.1 Å². The van der Waals surface area contributed by atoms with Crippen LogP contribution in [0.5, 0.6) is 0 Å². The fraction of sp³-hybridized carbons (Fsp3) is 0.294. The van der Waals surface area contributed by atoms with Gasteiger partial charge in [-0.3, -0.25) is 0 Å². The van der Waals surface area contributed by atoms with Crippen LogP contribution in [0.4, 0.5) is 4.39 Å². The van der Waals surface area contributed by atoms with E-state index in [0.29, 0.717) is 12.0 Å². The van der Waals surface area contributed by atoms with Crippen LogP contribution in [-0.4, -0.2) is 0 Å². The lowest BCUT2D eigenvalue weighted by Gasteiger charge is -2.26. The van der Waals surface area contributed by atoms with Gasteiger partial charge in [0.25, 0.3) is 0 Å². The van der Waals surface area contributed by atoms with E-state index in [0.717, 1.165) is 12.0 Å². The van der Waals surface area contributed by atoms with E-state index in [2.05, 4.69) is 19.1 Å². The van der Waals surface area contributed by atoms with Crippen LogP contribution in [0.25, 0.3) is 0 Å². The highest BCUT2D eigenvalue weighted by atomic mass is 35.5. The Kier molecular flexibility index (Phi) is 4.46. The first kappa shape index (κ1) is 15.0. The predicted octanol–water partition coefficient (Wildman–Crippen LogP) is 4.46. The number of aryl methyl sites for hydroxylation is 1. The van der Waals surface area contributed by atoms with Gasteiger partial charge in [-0.15, -0.1) is 0 Å². The molecule has 106 valence electrons. The highest BCUT2D eigenvalue weighted by molar-refractivity contribution is 6.30. The molecule has 0 aliphatic heterocycles. The molecule has 0 fully saturated rings. The summed E-state index contributed by atoms with van der Waals surface area (Å²) < 4.78 is 14.0. The van der Waals surface area contributed by atoms with Gasteiger partial charge >= 0.3 is 0 Å². The van der Waals surface area contributed by atoms with Crippen molar-refractivity contribution in [3.8, 4) is 0 Å². The maximum absolute atomic E-state index is 14.0. The fourth-order valence-corrected chi connectivity index (χ4v) is 2.50. The lowest BCUT2D eigenvalue weighted by Crippen LogP contribution is -2.35. The van der Waals surface area contributed by atoms with Crippen molar-refractivity contribution in [3.63, 3.8) is 0 Å². The summed E-state index contributed by atoms with van der Waals surface area (Å²) in [5.74, 6) is -0.379. The Morgan fingerprint density at radius 1 is 1.15 bits per heavy atom. The van der Waals surface area contributed by atoms with Gasteiger partial charge in [-0.2, -0.15) is 0 Å². The molecule has 1 atom stereocenters. The first-order chi connectivity index (χ1) is 9.44. The highest BCUT2D eigenvalue weighted by Gasteiger charge is 2.23. The van der Waals surface area contributed by atoms with Crippen molar-refractivity contribution in [1.82, 2.24) is 0 Å². The number of nitrogens with two attached hydrogens (primary N) is 1. The minimum absolute atomic E-state index is 0.139. The molecule has 0 aliphatic rings. The van der Waals surface area contributed by atoms with Crippen molar-refractivity contribution < 1.29 is 4.39 Å². The van der Waals surface area contributed by atoms with E-state index in [1.165, 1.54) is 5.56 Å². The maximum atomic E-state index is 14.0. The minimum Gasteiger partial charge on any atom is -0.321 e. The average molecular weight is 292 g/mol. The zero-order chi connectivity index (χ0) is 14.8. The van der Waals surface area contributed by atoms with Gasteiger partial charge in [0.2, 0.25) is 0 Å². The third-order valence-corrected chi connectivity index (χ3v) is 3.90. The molecule has 0 saturated heterocycles. The monoisotopic (exact) mass is 291 g/mol. The largest absolute Gasteiger partial charge is 0.321 e. The average Bonchev–Trinajstić information content (AvgIpc) is 2.44. The Balaban J connectivity index is 2.27. The van der Waals surface area contributed by atoms with Crippen molar-refractivity contribution in [2.24, 2.45) is 5.73 Å². The molecule has 2 aromatic carbocycles. The second kappa shape index (κ2) is 5.94. The SMILES string of the molecule is CCc1ccc(C(C)(N)Cc2cccc(Cl)c2F)cc1. The smallest absolute Gasteiger partial charge is 0.145 e. The van der Waals surface area contributed by atoms with Crippen LogP contribution < -0.4 is 5.73 Å². The molecule has 0 heterocycles. The molecular formula is C17H19ClFN. The summed E-state index contributed by atoms with van der Waals surface area (Å²) in [4.78, 5) is 0. The third-order valence-electron chi connectivity index (χ3n) is 3.61. The van der Waals surface area contributed by atoms with Crippen LogP contribution >= 0.6 is 11.6 Å². The Morgan fingerprint density at radius 2 is 1.80 bits per heavy atom. The number of hydrogen-bond acceptors (Lipinski definition) is 1. The zero-order valence-corrected chi connectivity index (χ0v) is 12.5. The normalized spacial score (nSPS) is 14.1. The second-order valence-electron chi connectivity index (χ2n) is 5.36. The molecule has 0 saturated carbocycles. The van der Waals surface area contributed by atoms with Crippen molar-refractivity contribution in [2.75, 3.05) is 0 Å². The summed E-state index contributed by atoms with van der Waals surface area (Å²) >= 11 is 5.81. The Morgan fingerprint density at radius 3 is 2.40 bits per heavy atom. The molecule has 1 unspecified atom stereocenters. The van der Waals surface area contributed by atoms with Crippen molar-refractivity contribution in [1.29, 1.82) is 0 Å². The van der Waals surface area contributed by atoms with Crippen LogP contribution in [0.2, 0.25) is 5.02 Å². The number of benzene rings is 2. The Hall–Kier alpha value is -1.38. The molecule has 0 aromatic heterocycles. The molecular weight excluding hydrogens is 273 g/mol. The Bertz CT molecular complexity index is 590. The van der Waals surface area contributed by atoms with Gasteiger partial charge in [0.1, 0.15) is 5.82 Å². The van der Waals surface area contributed by atoms with Gasteiger partial charge in [-0.05, 0) is 42.5 Å². The van der Waals surface area contributed by atoms with Gasteiger partial charge in [0.05, 0.1) is 5.02 Å². The van der Waals surface area contributed by atoms with E-state index in [-0.39, 0.29) is 10.8 Å². The van der Waals surface area contributed by atoms with Gasteiger partial charge in [-0.25, -0.2) is 4.39 Å². The van der Waals surface area contributed by atoms with Gasteiger partial charge in [-0.1, -0.05) is 54.9 Å². The van der Waals surface area contributed by atoms with Gasteiger partial charge in [0, 0.05) is 5.54 Å². The molecule has 2 aromatic rings. The molecule has 3 heteroatoms. The van der Waals surface area contributed by atoms with Crippen molar-refractivity contribution in [3.05, 3.63) is 70.0 Å². The summed E-state index contributed by atoms with van der Waals surface area (Å²) in [7, 11) is 0. The van der Waals surface area contributed by atoms with Crippen LogP contribution in [-0.2, 0) is 18.4 Å². The van der Waals surface area contributed by atoms with Crippen LogP contribution in [0.3, 0.4) is 0 Å². The summed E-state index contributed by atoms with van der Waals surface area (Å²) in [6.45, 7) is 4.02. The molecule has 0 aliphatic carbocycles. The lowest BCUT2D eigenvalue weighted by molar-refractivity contribution is 0.475. The molecule has 0 bridgehead atoms. The third kappa shape index (κ3) is 3.20. The van der Waals surface area contributed by atoms with E-state index >= 15 is 0 Å². The number of hydrogen-bond donors (Lipinski definition) is 1. The minimum atomic E-state index is -0.627.